The highest BCUT2D eigenvalue weighted by Gasteiger charge is 2.26. The smallest absolute Gasteiger partial charge is 0.0958 e. The Bertz CT molecular complexity index is 328. The van der Waals surface area contributed by atoms with E-state index in [0.29, 0.717) is 18.7 Å². The maximum absolute atomic E-state index is 5.45. The van der Waals surface area contributed by atoms with Gasteiger partial charge in [0.2, 0.25) is 0 Å². The number of ether oxygens (including phenoxy) is 2. The van der Waals surface area contributed by atoms with Crippen LogP contribution in [0, 0.1) is 0 Å². The molecule has 1 aromatic carbocycles. The standard InChI is InChI=1S/C14H21NO2/c1-11(12-6-4-3-5-7-12)15-13-8-9-17-10-14(13)16-2/h3-7,11,13-15H,8-10H2,1-2H3/t11-,13-,14+/m1/s1. The van der Waals surface area contributed by atoms with E-state index in [1.54, 1.807) is 7.11 Å². The molecule has 1 aliphatic rings. The van der Waals surface area contributed by atoms with Gasteiger partial charge in [0.25, 0.3) is 0 Å². The van der Waals surface area contributed by atoms with Crippen molar-refractivity contribution in [2.75, 3.05) is 20.3 Å². The lowest BCUT2D eigenvalue weighted by Crippen LogP contribution is -2.48. The highest BCUT2D eigenvalue weighted by atomic mass is 16.5. The molecule has 0 aromatic heterocycles. The van der Waals surface area contributed by atoms with Crippen molar-refractivity contribution in [3.63, 3.8) is 0 Å². The second kappa shape index (κ2) is 6.15. The molecule has 1 aliphatic heterocycles. The van der Waals surface area contributed by atoms with Gasteiger partial charge < -0.3 is 14.8 Å². The fraction of sp³-hybridized carbons (Fsp3) is 0.571. The molecule has 0 radical (unpaired) electrons. The highest BCUT2D eigenvalue weighted by Crippen LogP contribution is 2.17. The zero-order valence-corrected chi connectivity index (χ0v) is 10.6. The van der Waals surface area contributed by atoms with E-state index in [4.69, 9.17) is 9.47 Å². The van der Waals surface area contributed by atoms with Gasteiger partial charge in [0.05, 0.1) is 12.7 Å². The normalized spacial score (nSPS) is 26.7. The van der Waals surface area contributed by atoms with Crippen molar-refractivity contribution in [2.24, 2.45) is 0 Å². The van der Waals surface area contributed by atoms with Crippen LogP contribution in [-0.4, -0.2) is 32.5 Å². The molecule has 0 bridgehead atoms. The largest absolute Gasteiger partial charge is 0.379 e. The molecule has 0 spiro atoms. The van der Waals surface area contributed by atoms with Crippen molar-refractivity contribution >= 4 is 0 Å². The van der Waals surface area contributed by atoms with Gasteiger partial charge in [0.1, 0.15) is 0 Å². The zero-order valence-electron chi connectivity index (χ0n) is 10.6. The Morgan fingerprint density at radius 2 is 2.12 bits per heavy atom. The van der Waals surface area contributed by atoms with E-state index in [1.165, 1.54) is 5.56 Å². The van der Waals surface area contributed by atoms with Crippen molar-refractivity contribution in [2.45, 2.75) is 31.5 Å². The first-order valence-corrected chi connectivity index (χ1v) is 6.23. The molecule has 1 N–H and O–H groups in total. The van der Waals surface area contributed by atoms with Crippen molar-refractivity contribution in [1.82, 2.24) is 5.32 Å². The summed E-state index contributed by atoms with van der Waals surface area (Å²) in [7, 11) is 1.75. The Balaban J connectivity index is 1.95. The lowest BCUT2D eigenvalue weighted by Gasteiger charge is -2.33. The molecule has 2 rings (SSSR count). The van der Waals surface area contributed by atoms with Gasteiger partial charge in [-0.1, -0.05) is 30.3 Å². The first kappa shape index (κ1) is 12.6. The number of rotatable bonds is 4. The van der Waals surface area contributed by atoms with Crippen molar-refractivity contribution in [1.29, 1.82) is 0 Å². The van der Waals surface area contributed by atoms with Crippen LogP contribution in [0.5, 0.6) is 0 Å². The molecule has 0 aliphatic carbocycles. The minimum absolute atomic E-state index is 0.162. The van der Waals surface area contributed by atoms with Gasteiger partial charge in [0, 0.05) is 25.8 Å². The van der Waals surface area contributed by atoms with Crippen LogP contribution in [0.15, 0.2) is 30.3 Å². The third-order valence-electron chi connectivity index (χ3n) is 3.37. The molecule has 94 valence electrons. The van der Waals surface area contributed by atoms with Crippen LogP contribution >= 0.6 is 0 Å². The lowest BCUT2D eigenvalue weighted by molar-refractivity contribution is -0.0518. The highest BCUT2D eigenvalue weighted by molar-refractivity contribution is 5.18. The van der Waals surface area contributed by atoms with Gasteiger partial charge in [-0.2, -0.15) is 0 Å². The summed E-state index contributed by atoms with van der Waals surface area (Å²) >= 11 is 0. The van der Waals surface area contributed by atoms with Crippen LogP contribution in [0.2, 0.25) is 0 Å². The molecule has 17 heavy (non-hydrogen) atoms. The molecule has 1 saturated heterocycles. The summed E-state index contributed by atoms with van der Waals surface area (Å²) in [5.41, 5.74) is 1.31. The number of nitrogens with one attached hydrogen (secondary N) is 1. The molecule has 0 amide bonds. The first-order valence-electron chi connectivity index (χ1n) is 6.23. The van der Waals surface area contributed by atoms with Crippen molar-refractivity contribution < 1.29 is 9.47 Å². The van der Waals surface area contributed by atoms with Gasteiger partial charge in [-0.25, -0.2) is 0 Å². The van der Waals surface area contributed by atoms with Gasteiger partial charge >= 0.3 is 0 Å². The summed E-state index contributed by atoms with van der Waals surface area (Å²) in [6.07, 6.45) is 1.17. The number of benzene rings is 1. The second-order valence-corrected chi connectivity index (χ2v) is 4.54. The predicted molar refractivity (Wildman–Crippen MR) is 68.0 cm³/mol. The summed E-state index contributed by atoms with van der Waals surface area (Å²) < 4.78 is 10.9. The Labute approximate surface area is 103 Å². The first-order chi connectivity index (χ1) is 8.31. The number of methoxy groups -OCH3 is 1. The molecule has 3 atom stereocenters. The SMILES string of the molecule is CO[C@H]1COCC[C@H]1N[C@H](C)c1ccccc1. The Morgan fingerprint density at radius 3 is 2.82 bits per heavy atom. The fourth-order valence-corrected chi connectivity index (χ4v) is 2.29. The van der Waals surface area contributed by atoms with Gasteiger partial charge in [-0.05, 0) is 18.9 Å². The maximum Gasteiger partial charge on any atom is 0.0958 e. The van der Waals surface area contributed by atoms with Crippen LogP contribution in [0.25, 0.3) is 0 Å². The lowest BCUT2D eigenvalue weighted by atomic mass is 10.0. The quantitative estimate of drug-likeness (QED) is 0.867. The minimum atomic E-state index is 0.162. The van der Waals surface area contributed by atoms with Crippen molar-refractivity contribution in [3.8, 4) is 0 Å². The topological polar surface area (TPSA) is 30.5 Å². The van der Waals surface area contributed by atoms with E-state index in [9.17, 15) is 0 Å². The third-order valence-corrected chi connectivity index (χ3v) is 3.37. The Morgan fingerprint density at radius 1 is 1.35 bits per heavy atom. The molecule has 0 unspecified atom stereocenters. The number of hydrogen-bond acceptors (Lipinski definition) is 3. The molecule has 1 aromatic rings. The van der Waals surface area contributed by atoms with Crippen LogP contribution in [-0.2, 0) is 9.47 Å². The summed E-state index contributed by atoms with van der Waals surface area (Å²) in [5, 5.41) is 3.63. The summed E-state index contributed by atoms with van der Waals surface area (Å²) in [6, 6.07) is 11.2. The second-order valence-electron chi connectivity index (χ2n) is 4.54. The van der Waals surface area contributed by atoms with Crippen LogP contribution in [0.4, 0.5) is 0 Å². The molecule has 1 heterocycles. The monoisotopic (exact) mass is 235 g/mol. The molecule has 0 saturated carbocycles. The Kier molecular flexibility index (Phi) is 4.54. The van der Waals surface area contributed by atoms with Crippen LogP contribution in [0.1, 0.15) is 24.9 Å². The van der Waals surface area contributed by atoms with Crippen LogP contribution < -0.4 is 5.32 Å². The van der Waals surface area contributed by atoms with E-state index in [0.717, 1.165) is 13.0 Å². The zero-order chi connectivity index (χ0) is 12.1. The molecule has 3 nitrogen and oxygen atoms in total. The van der Waals surface area contributed by atoms with E-state index in [-0.39, 0.29) is 6.10 Å². The maximum atomic E-state index is 5.45. The third kappa shape index (κ3) is 3.28. The van der Waals surface area contributed by atoms with E-state index in [2.05, 4.69) is 36.5 Å². The summed E-state index contributed by atoms with van der Waals surface area (Å²) in [4.78, 5) is 0. The minimum Gasteiger partial charge on any atom is -0.379 e. The van der Waals surface area contributed by atoms with Crippen molar-refractivity contribution in [3.05, 3.63) is 35.9 Å². The van der Waals surface area contributed by atoms with Gasteiger partial charge in [-0.3, -0.25) is 0 Å². The average Bonchev–Trinajstić information content (AvgIpc) is 2.40. The molecule has 3 heteroatoms. The van der Waals surface area contributed by atoms with E-state index < -0.39 is 0 Å². The molecule has 1 fully saturated rings. The van der Waals surface area contributed by atoms with Crippen LogP contribution in [0.3, 0.4) is 0 Å². The van der Waals surface area contributed by atoms with E-state index >= 15 is 0 Å². The fourth-order valence-electron chi connectivity index (χ4n) is 2.29. The molecular formula is C14H21NO2. The van der Waals surface area contributed by atoms with E-state index in [1.807, 2.05) is 6.07 Å². The average molecular weight is 235 g/mol. The van der Waals surface area contributed by atoms with Gasteiger partial charge in [0.15, 0.2) is 0 Å². The predicted octanol–water partition coefficient (Wildman–Crippen LogP) is 2.14. The Hall–Kier alpha value is -0.900. The molecular weight excluding hydrogens is 214 g/mol. The summed E-state index contributed by atoms with van der Waals surface area (Å²) in [6.45, 7) is 3.70. The van der Waals surface area contributed by atoms with Gasteiger partial charge in [-0.15, -0.1) is 0 Å². The number of hydrogen-bond donors (Lipinski definition) is 1. The summed E-state index contributed by atoms with van der Waals surface area (Å²) in [5.74, 6) is 0.